The number of hydrogen-bond donors (Lipinski definition) is 2. The maximum atomic E-state index is 13.7. The number of halogens is 2. The Bertz CT molecular complexity index is 1470. The highest BCUT2D eigenvalue weighted by atomic mass is 19.3. The van der Waals surface area contributed by atoms with Gasteiger partial charge < -0.3 is 20.5 Å². The zero-order chi connectivity index (χ0) is 26.9. The lowest BCUT2D eigenvalue weighted by atomic mass is 9.97. The van der Waals surface area contributed by atoms with Gasteiger partial charge >= 0.3 is 18.3 Å². The first-order valence-corrected chi connectivity index (χ1v) is 11.8. The molecule has 0 fully saturated rings. The van der Waals surface area contributed by atoms with E-state index in [0.29, 0.717) is 29.7 Å². The number of methoxy groups -OCH3 is 1. The highest BCUT2D eigenvalue weighted by Crippen LogP contribution is 2.38. The quantitative estimate of drug-likeness (QED) is 0.505. The molecule has 2 amide bonds. The molecular weight excluding hydrogens is 484 g/mol. The molecule has 3 N–H and O–H groups in total. The van der Waals surface area contributed by atoms with Crippen LogP contribution in [0.25, 0.3) is 11.3 Å². The van der Waals surface area contributed by atoms with Crippen molar-refractivity contribution in [1.29, 1.82) is 0 Å². The molecule has 1 aliphatic rings. The van der Waals surface area contributed by atoms with Gasteiger partial charge in [-0.3, -0.25) is 9.13 Å². The lowest BCUT2D eigenvalue weighted by Gasteiger charge is -2.25. The Hall–Kier alpha value is -4.15. The van der Waals surface area contributed by atoms with Crippen LogP contribution in [0.4, 0.5) is 19.3 Å². The molecular formula is C26H29F2N5O4. The molecule has 2 aromatic carbocycles. The summed E-state index contributed by atoms with van der Waals surface area (Å²) in [7, 11) is 1.38. The van der Waals surface area contributed by atoms with Crippen LogP contribution in [0.5, 0.6) is 11.5 Å². The number of nitrogens with one attached hydrogen (secondary N) is 1. The van der Waals surface area contributed by atoms with Crippen molar-refractivity contribution in [3.63, 3.8) is 0 Å². The molecule has 1 aromatic heterocycles. The van der Waals surface area contributed by atoms with E-state index in [4.69, 9.17) is 15.5 Å². The number of alkyl halides is 2. The van der Waals surface area contributed by atoms with Crippen LogP contribution >= 0.6 is 0 Å². The minimum absolute atomic E-state index is 0.122. The molecule has 2 heterocycles. The molecule has 3 aromatic rings. The van der Waals surface area contributed by atoms with Gasteiger partial charge in [-0.05, 0) is 56.0 Å². The third kappa shape index (κ3) is 5.35. The molecule has 11 heteroatoms. The average Bonchev–Trinajstić information content (AvgIpc) is 2.82. The van der Waals surface area contributed by atoms with Crippen molar-refractivity contribution >= 4 is 11.7 Å². The molecule has 4 rings (SSSR count). The molecule has 37 heavy (non-hydrogen) atoms. The van der Waals surface area contributed by atoms with E-state index in [2.05, 4.69) is 10.1 Å². The molecule has 0 atom stereocenters. The van der Waals surface area contributed by atoms with E-state index in [0.717, 1.165) is 27.9 Å². The van der Waals surface area contributed by atoms with E-state index in [1.165, 1.54) is 17.7 Å². The summed E-state index contributed by atoms with van der Waals surface area (Å²) < 4.78 is 39.1. The number of rotatable bonds is 7. The second-order valence-corrected chi connectivity index (χ2v) is 8.91. The molecule has 0 spiro atoms. The minimum Gasteiger partial charge on any atom is -0.493 e. The summed E-state index contributed by atoms with van der Waals surface area (Å²) in [5.41, 5.74) is 10.8. The Morgan fingerprint density at radius 1 is 1.14 bits per heavy atom. The number of aryl methyl sites for hydroxylation is 4. The third-order valence-electron chi connectivity index (χ3n) is 6.28. The van der Waals surface area contributed by atoms with E-state index in [9.17, 15) is 18.4 Å². The number of carbonyl (C=O) groups excluding carboxylic acids is 1. The summed E-state index contributed by atoms with van der Waals surface area (Å²) in [4.78, 5) is 29.7. The van der Waals surface area contributed by atoms with Crippen LogP contribution in [0.15, 0.2) is 40.1 Å². The maximum absolute atomic E-state index is 13.7. The molecule has 0 saturated carbocycles. The summed E-state index contributed by atoms with van der Waals surface area (Å²) in [6, 6.07) is 8.19. The number of nitrogens with two attached hydrogens (primary N) is 1. The zero-order valence-electron chi connectivity index (χ0n) is 21.1. The van der Waals surface area contributed by atoms with E-state index in [-0.39, 0.29) is 30.3 Å². The number of ether oxygens (including phenoxy) is 2. The van der Waals surface area contributed by atoms with Gasteiger partial charge in [0.2, 0.25) is 0 Å². The van der Waals surface area contributed by atoms with E-state index < -0.39 is 12.6 Å². The molecule has 0 saturated heterocycles. The van der Waals surface area contributed by atoms with Gasteiger partial charge in [0.1, 0.15) is 5.49 Å². The van der Waals surface area contributed by atoms with Crippen LogP contribution in [-0.2, 0) is 19.5 Å². The molecule has 0 aliphatic carbocycles. The van der Waals surface area contributed by atoms with Crippen molar-refractivity contribution in [3.8, 4) is 22.8 Å². The lowest BCUT2D eigenvalue weighted by Crippen LogP contribution is -2.44. The van der Waals surface area contributed by atoms with E-state index >= 15 is 0 Å². The van der Waals surface area contributed by atoms with Crippen molar-refractivity contribution in [2.75, 3.05) is 13.7 Å². The Balaban J connectivity index is 1.97. The van der Waals surface area contributed by atoms with Gasteiger partial charge in [0, 0.05) is 31.3 Å². The van der Waals surface area contributed by atoms with Gasteiger partial charge in [-0.1, -0.05) is 17.7 Å². The highest BCUT2D eigenvalue weighted by Gasteiger charge is 2.23. The monoisotopic (exact) mass is 513 g/mol. The minimum atomic E-state index is -3.04. The number of amides is 2. The SMILES string of the molecule is COc1cc2c(cc1OC(F)F)-c1cc(=Nc3c(C)cc(C)cc3C)n(CCNC(N)=O)c(=O)n1CC2. The van der Waals surface area contributed by atoms with Crippen molar-refractivity contribution in [2.24, 2.45) is 10.7 Å². The number of urea groups is 1. The highest BCUT2D eigenvalue weighted by molar-refractivity contribution is 5.71. The smallest absolute Gasteiger partial charge is 0.387 e. The number of primary amides is 1. The summed E-state index contributed by atoms with van der Waals surface area (Å²) in [5.74, 6) is 0.0671. The fourth-order valence-electron chi connectivity index (χ4n) is 4.75. The van der Waals surface area contributed by atoms with Gasteiger partial charge in [-0.25, -0.2) is 14.6 Å². The Labute approximate surface area is 212 Å². The Kier molecular flexibility index (Phi) is 7.33. The molecule has 1 aliphatic heterocycles. The number of aromatic nitrogens is 2. The van der Waals surface area contributed by atoms with Crippen LogP contribution in [0.2, 0.25) is 0 Å². The molecule has 196 valence electrons. The first-order valence-electron chi connectivity index (χ1n) is 11.8. The Morgan fingerprint density at radius 2 is 1.84 bits per heavy atom. The van der Waals surface area contributed by atoms with Crippen molar-refractivity contribution in [3.05, 3.63) is 68.6 Å². The largest absolute Gasteiger partial charge is 0.493 e. The predicted molar refractivity (Wildman–Crippen MR) is 134 cm³/mol. The number of nitrogens with zero attached hydrogens (tertiary/aromatic N) is 3. The second-order valence-electron chi connectivity index (χ2n) is 8.91. The van der Waals surface area contributed by atoms with Crippen LogP contribution in [-0.4, -0.2) is 35.4 Å². The fourth-order valence-corrected chi connectivity index (χ4v) is 4.75. The topological polar surface area (TPSA) is 113 Å². The first-order chi connectivity index (χ1) is 17.6. The summed E-state index contributed by atoms with van der Waals surface area (Å²) in [5, 5.41) is 2.50. The van der Waals surface area contributed by atoms with Gasteiger partial charge in [-0.2, -0.15) is 8.78 Å². The summed E-state index contributed by atoms with van der Waals surface area (Å²) in [6.07, 6.45) is 0.486. The van der Waals surface area contributed by atoms with Crippen LogP contribution in [0.3, 0.4) is 0 Å². The van der Waals surface area contributed by atoms with E-state index in [1.807, 2.05) is 32.9 Å². The maximum Gasteiger partial charge on any atom is 0.387 e. The molecule has 9 nitrogen and oxygen atoms in total. The lowest BCUT2D eigenvalue weighted by molar-refractivity contribution is -0.0512. The average molecular weight is 514 g/mol. The fraction of sp³-hybridized carbons (Fsp3) is 0.346. The molecule has 0 radical (unpaired) electrons. The predicted octanol–water partition coefficient (Wildman–Crippen LogP) is 3.31. The van der Waals surface area contributed by atoms with Crippen molar-refractivity contribution < 1.29 is 23.0 Å². The van der Waals surface area contributed by atoms with Gasteiger partial charge in [0.25, 0.3) is 0 Å². The van der Waals surface area contributed by atoms with Crippen molar-refractivity contribution in [1.82, 2.24) is 14.5 Å². The van der Waals surface area contributed by atoms with Crippen LogP contribution in [0.1, 0.15) is 22.3 Å². The number of fused-ring (bicyclic) bond motifs is 3. The van der Waals surface area contributed by atoms with Gasteiger partial charge in [0.05, 0.1) is 18.5 Å². The van der Waals surface area contributed by atoms with Gasteiger partial charge in [0.15, 0.2) is 11.5 Å². The van der Waals surface area contributed by atoms with Crippen molar-refractivity contribution in [2.45, 2.75) is 46.9 Å². The number of benzene rings is 2. The molecule has 0 unspecified atom stereocenters. The van der Waals surface area contributed by atoms with Crippen LogP contribution < -0.4 is 31.7 Å². The van der Waals surface area contributed by atoms with Gasteiger partial charge in [-0.15, -0.1) is 0 Å². The Morgan fingerprint density at radius 3 is 2.46 bits per heavy atom. The number of hydrogen-bond acceptors (Lipinski definition) is 5. The van der Waals surface area contributed by atoms with Crippen LogP contribution in [0, 0.1) is 20.8 Å². The summed E-state index contributed by atoms with van der Waals surface area (Å²) in [6.45, 7) is 3.48. The molecule has 0 bridgehead atoms. The summed E-state index contributed by atoms with van der Waals surface area (Å²) >= 11 is 0. The number of carbonyl (C=O) groups is 1. The second kappa shape index (κ2) is 10.5. The normalized spacial score (nSPS) is 12.8. The zero-order valence-corrected chi connectivity index (χ0v) is 21.1. The standard InChI is InChI=1S/C26H29F2N5O4/c1-14-9-15(2)23(16(3)10-14)31-22-13-19-18-12-21(37-24(27)28)20(36-4)11-17(18)5-7-32(19)26(35)33(22)8-6-30-25(29)34/h9-13,24H,5-8H2,1-4H3,(H3,29,30,34). The third-order valence-corrected chi connectivity index (χ3v) is 6.28. The first kappa shape index (κ1) is 25.9. The van der Waals surface area contributed by atoms with E-state index in [1.54, 1.807) is 16.7 Å².